The van der Waals surface area contributed by atoms with E-state index in [1.165, 1.54) is 5.56 Å². The minimum absolute atomic E-state index is 0.0446. The number of hydrogen-bond donors (Lipinski definition) is 0. The minimum atomic E-state index is -0.353. The first-order valence-electron chi connectivity index (χ1n) is 9.95. The van der Waals surface area contributed by atoms with Crippen molar-refractivity contribution in [2.75, 3.05) is 13.2 Å². The van der Waals surface area contributed by atoms with Gasteiger partial charge in [-0.3, -0.25) is 0 Å². The molecule has 26 heavy (non-hydrogen) atoms. The summed E-state index contributed by atoms with van der Waals surface area (Å²) in [5, 5.41) is 0. The summed E-state index contributed by atoms with van der Waals surface area (Å²) >= 11 is 0. The molecule has 0 atom stereocenters. The van der Waals surface area contributed by atoms with Gasteiger partial charge in [0.1, 0.15) is 0 Å². The molecular weight excluding hydrogens is 327 g/mol. The summed E-state index contributed by atoms with van der Waals surface area (Å²) < 4.78 is 24.6. The van der Waals surface area contributed by atoms with E-state index in [4.69, 9.17) is 18.8 Å². The van der Waals surface area contributed by atoms with Gasteiger partial charge in [0.15, 0.2) is 5.79 Å². The summed E-state index contributed by atoms with van der Waals surface area (Å²) in [6.07, 6.45) is 4.80. The highest BCUT2D eigenvalue weighted by Crippen LogP contribution is 2.51. The Morgan fingerprint density at radius 1 is 0.808 bits per heavy atom. The van der Waals surface area contributed by atoms with Crippen molar-refractivity contribution in [3.05, 3.63) is 35.9 Å². The fourth-order valence-corrected chi connectivity index (χ4v) is 4.66. The van der Waals surface area contributed by atoms with E-state index in [2.05, 4.69) is 58.0 Å². The van der Waals surface area contributed by atoms with Crippen LogP contribution in [0.5, 0.6) is 0 Å². The molecule has 0 aromatic heterocycles. The highest BCUT2D eigenvalue weighted by atomic mass is 16.7. The topological polar surface area (TPSA) is 36.9 Å². The van der Waals surface area contributed by atoms with Crippen molar-refractivity contribution in [2.24, 2.45) is 0 Å². The van der Waals surface area contributed by atoms with E-state index >= 15 is 0 Å². The van der Waals surface area contributed by atoms with Gasteiger partial charge in [0.05, 0.1) is 24.4 Å². The van der Waals surface area contributed by atoms with Gasteiger partial charge < -0.3 is 18.8 Å². The lowest BCUT2D eigenvalue weighted by Gasteiger charge is -2.44. The van der Waals surface area contributed by atoms with Crippen LogP contribution in [0, 0.1) is 0 Å². The summed E-state index contributed by atoms with van der Waals surface area (Å²) in [5.74, 6) is -0.353. The summed E-state index contributed by atoms with van der Waals surface area (Å²) in [5.41, 5.74) is 0.845. The third-order valence-corrected chi connectivity index (χ3v) is 7.03. The van der Waals surface area contributed by atoms with Crippen molar-refractivity contribution >= 4 is 7.12 Å². The van der Waals surface area contributed by atoms with Crippen molar-refractivity contribution in [3.63, 3.8) is 0 Å². The first-order valence-corrected chi connectivity index (χ1v) is 9.95. The molecule has 4 rings (SSSR count). The van der Waals surface area contributed by atoms with Crippen LogP contribution in [0.1, 0.15) is 58.9 Å². The summed E-state index contributed by atoms with van der Waals surface area (Å²) in [7, 11) is -0.181. The molecule has 2 aliphatic heterocycles. The Balaban J connectivity index is 1.57. The molecule has 0 radical (unpaired) electrons. The molecule has 142 valence electrons. The van der Waals surface area contributed by atoms with Gasteiger partial charge in [-0.2, -0.15) is 0 Å². The smallest absolute Gasteiger partial charge is 0.403 e. The van der Waals surface area contributed by atoms with Gasteiger partial charge in [-0.15, -0.1) is 0 Å². The monoisotopic (exact) mass is 358 g/mol. The van der Waals surface area contributed by atoms with E-state index in [9.17, 15) is 0 Å². The molecule has 0 N–H and O–H groups in total. The largest absolute Gasteiger partial charge is 0.458 e. The Bertz CT molecular complexity index is 611. The molecule has 2 saturated heterocycles. The zero-order valence-electron chi connectivity index (χ0n) is 16.5. The number of ether oxygens (including phenoxy) is 2. The normalized spacial score (nSPS) is 28.5. The zero-order chi connectivity index (χ0) is 18.5. The van der Waals surface area contributed by atoms with Crippen molar-refractivity contribution < 1.29 is 18.8 Å². The Morgan fingerprint density at radius 3 is 1.88 bits per heavy atom. The molecule has 1 spiro atoms. The lowest BCUT2D eigenvalue weighted by atomic mass is 9.57. The quantitative estimate of drug-likeness (QED) is 0.754. The van der Waals surface area contributed by atoms with E-state index in [0.717, 1.165) is 45.2 Å². The SMILES string of the molecule is CC1(C)OB(CC2(c3ccccc3)CCC3(CC2)OCCO3)OC1(C)C. The molecule has 1 saturated carbocycles. The molecule has 0 amide bonds. The lowest BCUT2D eigenvalue weighted by molar-refractivity contribution is -0.184. The molecule has 4 nitrogen and oxygen atoms in total. The highest BCUT2D eigenvalue weighted by molar-refractivity contribution is 6.46. The summed E-state index contributed by atoms with van der Waals surface area (Å²) in [6, 6.07) is 10.8. The summed E-state index contributed by atoms with van der Waals surface area (Å²) in [6.45, 7) is 9.93. The molecule has 0 bridgehead atoms. The second kappa shape index (κ2) is 6.34. The molecule has 1 aliphatic carbocycles. The highest BCUT2D eigenvalue weighted by Gasteiger charge is 2.55. The molecule has 3 fully saturated rings. The van der Waals surface area contributed by atoms with Crippen LogP contribution in [-0.2, 0) is 24.2 Å². The van der Waals surface area contributed by atoms with Crippen LogP contribution in [0.25, 0.3) is 0 Å². The maximum absolute atomic E-state index is 6.35. The standard InChI is InChI=1S/C21H31BO4/c1-18(2)19(3,4)26-22(25-18)16-20(17-8-6-5-7-9-17)10-12-21(13-11-20)23-14-15-24-21/h5-9H,10-16H2,1-4H3. The molecule has 1 aromatic carbocycles. The fourth-order valence-electron chi connectivity index (χ4n) is 4.66. The van der Waals surface area contributed by atoms with Gasteiger partial charge in [0.25, 0.3) is 0 Å². The Hall–Kier alpha value is -0.875. The zero-order valence-corrected chi connectivity index (χ0v) is 16.5. The Labute approximate surface area is 157 Å². The van der Waals surface area contributed by atoms with E-state index < -0.39 is 0 Å². The molecule has 2 heterocycles. The predicted octanol–water partition coefficient (Wildman–Crippen LogP) is 4.33. The predicted molar refractivity (Wildman–Crippen MR) is 102 cm³/mol. The van der Waals surface area contributed by atoms with Crippen molar-refractivity contribution in [3.8, 4) is 0 Å². The van der Waals surface area contributed by atoms with Crippen LogP contribution in [0.2, 0.25) is 6.32 Å². The number of rotatable bonds is 3. The number of hydrogen-bond acceptors (Lipinski definition) is 4. The second-order valence-corrected chi connectivity index (χ2v) is 9.14. The van der Waals surface area contributed by atoms with E-state index in [1.807, 2.05) is 0 Å². The van der Waals surface area contributed by atoms with E-state index in [0.29, 0.717) is 0 Å². The lowest BCUT2D eigenvalue weighted by Crippen LogP contribution is -2.44. The average Bonchev–Trinajstić information content (AvgIpc) is 3.13. The maximum Gasteiger partial charge on any atom is 0.458 e. The van der Waals surface area contributed by atoms with Crippen LogP contribution in [0.15, 0.2) is 30.3 Å². The maximum atomic E-state index is 6.35. The van der Waals surface area contributed by atoms with Gasteiger partial charge >= 0.3 is 7.12 Å². The molecule has 3 aliphatic rings. The Kier molecular flexibility index (Phi) is 4.50. The van der Waals surface area contributed by atoms with Crippen molar-refractivity contribution in [1.82, 2.24) is 0 Å². The third-order valence-electron chi connectivity index (χ3n) is 7.03. The molecular formula is C21H31BO4. The first-order chi connectivity index (χ1) is 12.3. The number of benzene rings is 1. The molecule has 0 unspecified atom stereocenters. The van der Waals surface area contributed by atoms with Gasteiger partial charge in [-0.25, -0.2) is 0 Å². The minimum Gasteiger partial charge on any atom is -0.403 e. The van der Waals surface area contributed by atoms with Crippen LogP contribution in [0.4, 0.5) is 0 Å². The average molecular weight is 358 g/mol. The second-order valence-electron chi connectivity index (χ2n) is 9.14. The van der Waals surface area contributed by atoms with Gasteiger partial charge in [-0.05, 0) is 57.8 Å². The van der Waals surface area contributed by atoms with Gasteiger partial charge in [-0.1, -0.05) is 30.3 Å². The molecule has 5 heteroatoms. The fraction of sp³-hybridized carbons (Fsp3) is 0.714. The van der Waals surface area contributed by atoms with E-state index in [-0.39, 0.29) is 29.5 Å². The summed E-state index contributed by atoms with van der Waals surface area (Å²) in [4.78, 5) is 0. The first kappa shape index (κ1) is 18.5. The van der Waals surface area contributed by atoms with Gasteiger partial charge in [0, 0.05) is 12.8 Å². The van der Waals surface area contributed by atoms with Gasteiger partial charge in [0.2, 0.25) is 0 Å². The van der Waals surface area contributed by atoms with Crippen LogP contribution >= 0.6 is 0 Å². The van der Waals surface area contributed by atoms with Crippen LogP contribution in [-0.4, -0.2) is 37.3 Å². The van der Waals surface area contributed by atoms with Crippen LogP contribution < -0.4 is 0 Å². The van der Waals surface area contributed by atoms with Crippen molar-refractivity contribution in [1.29, 1.82) is 0 Å². The van der Waals surface area contributed by atoms with Crippen LogP contribution in [0.3, 0.4) is 0 Å². The van der Waals surface area contributed by atoms with E-state index in [1.54, 1.807) is 0 Å². The van der Waals surface area contributed by atoms with Crippen molar-refractivity contribution in [2.45, 2.75) is 82.1 Å². The molecule has 1 aromatic rings. The Morgan fingerprint density at radius 2 is 1.35 bits per heavy atom. The third kappa shape index (κ3) is 3.13.